The second-order valence-corrected chi connectivity index (χ2v) is 9.80. The quantitative estimate of drug-likeness (QED) is 0.345. The van der Waals surface area contributed by atoms with Crippen LogP contribution in [-0.4, -0.2) is 40.5 Å². The van der Waals surface area contributed by atoms with Gasteiger partial charge in [-0.2, -0.15) is 0 Å². The summed E-state index contributed by atoms with van der Waals surface area (Å²) in [5.74, 6) is -3.94. The number of aromatic nitrogens is 1. The normalized spacial score (nSPS) is 17.3. The molecule has 1 aromatic heterocycles. The molecule has 0 bridgehead atoms. The number of hydrogen-bond donors (Lipinski definition) is 1. The number of benzene rings is 3. The van der Waals surface area contributed by atoms with Crippen molar-refractivity contribution in [2.75, 3.05) is 13.1 Å². The molecule has 3 heterocycles. The highest BCUT2D eigenvalue weighted by Gasteiger charge is 2.47. The zero-order valence-electron chi connectivity index (χ0n) is 20.9. The molecule has 2 aliphatic rings. The van der Waals surface area contributed by atoms with Crippen molar-refractivity contribution in [1.82, 2.24) is 9.88 Å². The minimum absolute atomic E-state index is 0.0155. The summed E-state index contributed by atoms with van der Waals surface area (Å²) >= 11 is 0. The number of H-pyrrole nitrogens is 1. The number of carbonyl (C=O) groups is 1. The number of aryl methyl sites for hydroxylation is 1. The van der Waals surface area contributed by atoms with Gasteiger partial charge in [-0.05, 0) is 66.6 Å². The topological polar surface area (TPSA) is 87.9 Å². The van der Waals surface area contributed by atoms with Gasteiger partial charge in [0, 0.05) is 23.6 Å². The zero-order valence-corrected chi connectivity index (χ0v) is 20.9. The fourth-order valence-electron chi connectivity index (χ4n) is 5.23. The molecule has 0 radical (unpaired) electrons. The van der Waals surface area contributed by atoms with Gasteiger partial charge < -0.3 is 14.1 Å². The lowest BCUT2D eigenvalue weighted by Gasteiger charge is -2.31. The number of alkyl halides is 2. The Hall–Kier alpha value is -4.60. The van der Waals surface area contributed by atoms with E-state index >= 15 is 0 Å². The molecule has 7 nitrogen and oxygen atoms in total. The summed E-state index contributed by atoms with van der Waals surface area (Å²) < 4.78 is 53.4. The number of para-hydroxylation sites is 1. The van der Waals surface area contributed by atoms with E-state index in [1.54, 1.807) is 36.4 Å². The minimum Gasteiger partial charge on any atom is -0.457 e. The van der Waals surface area contributed by atoms with Crippen LogP contribution in [0.4, 0.5) is 13.2 Å². The largest absolute Gasteiger partial charge is 0.457 e. The van der Waals surface area contributed by atoms with Crippen molar-refractivity contribution in [3.05, 3.63) is 105 Å². The molecular weight excluding hydrogens is 511 g/mol. The van der Waals surface area contributed by atoms with Gasteiger partial charge in [0.2, 0.25) is 0 Å². The fourth-order valence-corrected chi connectivity index (χ4v) is 5.23. The molecule has 2 aliphatic heterocycles. The van der Waals surface area contributed by atoms with Crippen molar-refractivity contribution in [3.63, 3.8) is 0 Å². The third-order valence-corrected chi connectivity index (χ3v) is 6.67. The van der Waals surface area contributed by atoms with Gasteiger partial charge in [0.25, 0.3) is 11.8 Å². The molecule has 0 saturated carbocycles. The monoisotopic (exact) mass is 533 g/mol. The lowest BCUT2D eigenvalue weighted by atomic mass is 9.90. The van der Waals surface area contributed by atoms with E-state index in [2.05, 4.69) is 9.98 Å². The Balaban J connectivity index is 1.48. The maximum absolute atomic E-state index is 14.4. The molecule has 10 heteroatoms. The van der Waals surface area contributed by atoms with Gasteiger partial charge in [0.1, 0.15) is 17.3 Å². The van der Waals surface area contributed by atoms with Crippen molar-refractivity contribution < 1.29 is 27.1 Å². The molecule has 0 fully saturated rings. The van der Waals surface area contributed by atoms with Crippen LogP contribution in [0, 0.1) is 12.7 Å². The highest BCUT2D eigenvalue weighted by molar-refractivity contribution is 6.25. The summed E-state index contributed by atoms with van der Waals surface area (Å²) in [6.07, 6.45) is 0. The van der Waals surface area contributed by atoms with E-state index in [1.165, 1.54) is 24.3 Å². The van der Waals surface area contributed by atoms with Gasteiger partial charge in [-0.3, -0.25) is 14.8 Å². The molecule has 0 aliphatic carbocycles. The molecule has 6 rings (SSSR count). The predicted molar refractivity (Wildman–Crippen MR) is 138 cm³/mol. The van der Waals surface area contributed by atoms with E-state index in [0.717, 1.165) is 17.4 Å². The molecule has 198 valence electrons. The molecule has 0 saturated heterocycles. The van der Waals surface area contributed by atoms with E-state index in [9.17, 15) is 22.8 Å². The second kappa shape index (κ2) is 9.00. The number of rotatable bonds is 6. The summed E-state index contributed by atoms with van der Waals surface area (Å²) in [7, 11) is 0. The van der Waals surface area contributed by atoms with E-state index in [4.69, 9.17) is 9.15 Å². The maximum atomic E-state index is 14.4. The number of amides is 1. The lowest BCUT2D eigenvalue weighted by Crippen LogP contribution is -2.40. The number of nitrogens with zero attached hydrogens (tertiary/aromatic N) is 2. The number of aliphatic imine (C=N–C) groups is 1. The number of halogens is 3. The molecule has 4 aromatic rings. The van der Waals surface area contributed by atoms with Crippen LogP contribution in [-0.2, 0) is 4.79 Å². The van der Waals surface area contributed by atoms with Gasteiger partial charge in [0.15, 0.2) is 5.58 Å². The SMILES string of the molecule is Cc1cc(Oc2ccc(F)cc2)cc(C2C3=C(CN=C3c3cccc4[nH]c(=O)oc34)C(=O)N2CC(C)(F)F)c1. The third-order valence-electron chi connectivity index (χ3n) is 6.67. The lowest BCUT2D eigenvalue weighted by molar-refractivity contribution is -0.132. The van der Waals surface area contributed by atoms with Crippen LogP contribution in [0.5, 0.6) is 11.5 Å². The van der Waals surface area contributed by atoms with Crippen LogP contribution in [0.15, 0.2) is 86.0 Å². The molecule has 1 N–H and O–H groups in total. The molecule has 0 spiro atoms. The number of ether oxygens (including phenoxy) is 1. The van der Waals surface area contributed by atoms with Crippen LogP contribution >= 0.6 is 0 Å². The number of oxazole rings is 1. The van der Waals surface area contributed by atoms with Crippen LogP contribution in [0.1, 0.15) is 29.7 Å². The van der Waals surface area contributed by atoms with E-state index in [-0.39, 0.29) is 12.1 Å². The van der Waals surface area contributed by atoms with Gasteiger partial charge in [-0.25, -0.2) is 18.0 Å². The number of aromatic amines is 1. The Labute approximate surface area is 220 Å². The number of hydrogen-bond acceptors (Lipinski definition) is 5. The first-order chi connectivity index (χ1) is 18.6. The van der Waals surface area contributed by atoms with Crippen LogP contribution in [0.25, 0.3) is 11.1 Å². The smallest absolute Gasteiger partial charge is 0.417 e. The Morgan fingerprint density at radius 2 is 1.87 bits per heavy atom. The first-order valence-electron chi connectivity index (χ1n) is 12.2. The minimum atomic E-state index is -3.16. The fraction of sp³-hybridized carbons (Fsp3) is 0.207. The van der Waals surface area contributed by atoms with Crippen molar-refractivity contribution in [3.8, 4) is 11.5 Å². The van der Waals surface area contributed by atoms with E-state index in [1.807, 2.05) is 6.92 Å². The summed E-state index contributed by atoms with van der Waals surface area (Å²) in [5, 5.41) is 0. The Kier molecular flexibility index (Phi) is 5.71. The highest BCUT2D eigenvalue weighted by Crippen LogP contribution is 2.45. The second-order valence-electron chi connectivity index (χ2n) is 9.80. The first kappa shape index (κ1) is 24.7. The number of carbonyl (C=O) groups excluding carboxylic acids is 1. The molecule has 39 heavy (non-hydrogen) atoms. The maximum Gasteiger partial charge on any atom is 0.417 e. The third kappa shape index (κ3) is 4.52. The molecule has 1 amide bonds. The number of nitrogens with one attached hydrogen (secondary N) is 1. The van der Waals surface area contributed by atoms with Crippen molar-refractivity contribution in [2.45, 2.75) is 25.8 Å². The van der Waals surface area contributed by atoms with Crippen LogP contribution in [0.2, 0.25) is 0 Å². The van der Waals surface area contributed by atoms with E-state index < -0.39 is 36.0 Å². The standard InChI is InChI=1S/C29H22F3N3O4/c1-15-10-16(12-19(11-15)38-18-8-6-17(30)7-9-18)25-23-21(27(36)35(25)14-29(2,31)32)13-33-24(23)20-4-3-5-22-26(20)39-28(37)34-22/h3-12,25H,13-14H2,1-2H3,(H,34,37). The van der Waals surface area contributed by atoms with Crippen molar-refractivity contribution >= 4 is 22.7 Å². The van der Waals surface area contributed by atoms with Gasteiger partial charge in [0.05, 0.1) is 30.4 Å². The summed E-state index contributed by atoms with van der Waals surface area (Å²) in [6, 6.07) is 15.0. The molecule has 3 aromatic carbocycles. The Bertz CT molecular complexity index is 1750. The Morgan fingerprint density at radius 1 is 1.10 bits per heavy atom. The molecular formula is C29H22F3N3O4. The Morgan fingerprint density at radius 3 is 2.62 bits per heavy atom. The zero-order chi connectivity index (χ0) is 27.5. The average Bonchev–Trinajstić information content (AvgIpc) is 3.53. The van der Waals surface area contributed by atoms with Crippen molar-refractivity contribution in [2.24, 2.45) is 4.99 Å². The van der Waals surface area contributed by atoms with Gasteiger partial charge >= 0.3 is 5.76 Å². The van der Waals surface area contributed by atoms with E-state index in [0.29, 0.717) is 45.0 Å². The highest BCUT2D eigenvalue weighted by atomic mass is 19.3. The summed E-state index contributed by atoms with van der Waals surface area (Å²) in [6.45, 7) is 1.80. The molecule has 1 atom stereocenters. The molecule has 1 unspecified atom stereocenters. The summed E-state index contributed by atoms with van der Waals surface area (Å²) in [5.41, 5.74) is 3.73. The van der Waals surface area contributed by atoms with Crippen LogP contribution in [0.3, 0.4) is 0 Å². The van der Waals surface area contributed by atoms with Crippen molar-refractivity contribution in [1.29, 1.82) is 0 Å². The summed E-state index contributed by atoms with van der Waals surface area (Å²) in [4.78, 5) is 33.8. The average molecular weight is 534 g/mol. The number of fused-ring (bicyclic) bond motifs is 1. The van der Waals surface area contributed by atoms with Gasteiger partial charge in [-0.15, -0.1) is 0 Å². The van der Waals surface area contributed by atoms with Crippen LogP contribution < -0.4 is 10.5 Å². The first-order valence-corrected chi connectivity index (χ1v) is 12.2. The predicted octanol–water partition coefficient (Wildman–Crippen LogP) is 5.70. The van der Waals surface area contributed by atoms with Gasteiger partial charge in [-0.1, -0.05) is 12.1 Å².